The molecule has 1 N–H and O–H groups in total. The van der Waals surface area contributed by atoms with Gasteiger partial charge < -0.3 is 19.7 Å². The molecule has 4 rings (SSSR count). The summed E-state index contributed by atoms with van der Waals surface area (Å²) in [6.45, 7) is 6.05. The van der Waals surface area contributed by atoms with Gasteiger partial charge >= 0.3 is 0 Å². The molecule has 0 aromatic carbocycles. The van der Waals surface area contributed by atoms with E-state index in [0.717, 1.165) is 51.7 Å². The minimum absolute atomic E-state index is 0.0393. The van der Waals surface area contributed by atoms with Gasteiger partial charge in [0.2, 0.25) is 5.95 Å². The molecule has 3 saturated heterocycles. The highest BCUT2D eigenvalue weighted by Gasteiger charge is 2.45. The third-order valence-corrected chi connectivity index (χ3v) is 5.36. The quantitative estimate of drug-likeness (QED) is 0.909. The average Bonchev–Trinajstić information content (AvgIpc) is 3.16. The van der Waals surface area contributed by atoms with Crippen LogP contribution in [0.4, 0.5) is 5.95 Å². The van der Waals surface area contributed by atoms with Gasteiger partial charge in [-0.15, -0.1) is 0 Å². The van der Waals surface area contributed by atoms with E-state index in [1.165, 1.54) is 19.4 Å². The first-order chi connectivity index (χ1) is 11.3. The lowest BCUT2D eigenvalue weighted by Gasteiger charge is -2.28. The molecule has 0 radical (unpaired) electrons. The van der Waals surface area contributed by atoms with Crippen molar-refractivity contribution in [2.45, 2.75) is 37.3 Å². The van der Waals surface area contributed by atoms with Gasteiger partial charge in [0.15, 0.2) is 0 Å². The lowest BCUT2D eigenvalue weighted by Crippen LogP contribution is -2.36. The highest BCUT2D eigenvalue weighted by Crippen LogP contribution is 2.36. The molecular formula is C17H26N4O2. The molecule has 0 aliphatic carbocycles. The van der Waals surface area contributed by atoms with Gasteiger partial charge in [-0.25, -0.2) is 9.97 Å². The summed E-state index contributed by atoms with van der Waals surface area (Å²) in [5, 5.41) is 3.41. The Morgan fingerprint density at radius 1 is 1.26 bits per heavy atom. The molecule has 0 saturated carbocycles. The Labute approximate surface area is 137 Å². The van der Waals surface area contributed by atoms with Crippen LogP contribution in [0.25, 0.3) is 0 Å². The number of hydrogen-bond acceptors (Lipinski definition) is 6. The second-order valence-corrected chi connectivity index (χ2v) is 7.15. The normalized spacial score (nSPS) is 32.6. The zero-order valence-corrected chi connectivity index (χ0v) is 13.6. The van der Waals surface area contributed by atoms with Crippen LogP contribution in [0.15, 0.2) is 18.5 Å². The van der Waals surface area contributed by atoms with E-state index in [9.17, 15) is 0 Å². The van der Waals surface area contributed by atoms with Crippen LogP contribution in [-0.2, 0) is 9.47 Å². The summed E-state index contributed by atoms with van der Waals surface area (Å²) in [5.74, 6) is 1.50. The van der Waals surface area contributed by atoms with E-state index < -0.39 is 0 Å². The number of likely N-dealkylation sites (tertiary alicyclic amines) is 1. The Hall–Kier alpha value is -1.24. The van der Waals surface area contributed by atoms with Crippen molar-refractivity contribution in [2.24, 2.45) is 5.92 Å². The Balaban J connectivity index is 1.28. The number of rotatable bonds is 4. The summed E-state index contributed by atoms with van der Waals surface area (Å²) >= 11 is 0. The maximum absolute atomic E-state index is 6.22. The third kappa shape index (κ3) is 3.65. The minimum atomic E-state index is 0.0393. The fraction of sp³-hybridized carbons (Fsp3) is 0.765. The SMILES string of the molecule is c1cnc(N[C@@H]2CO[C@]3(CCN(CC4CCOCC4)C3)C2)nc1. The van der Waals surface area contributed by atoms with Crippen molar-refractivity contribution in [1.82, 2.24) is 14.9 Å². The van der Waals surface area contributed by atoms with Crippen molar-refractivity contribution in [2.75, 3.05) is 44.8 Å². The molecule has 1 spiro atoms. The van der Waals surface area contributed by atoms with Gasteiger partial charge in [-0.2, -0.15) is 0 Å². The van der Waals surface area contributed by atoms with Crippen LogP contribution in [0.3, 0.4) is 0 Å². The number of aromatic nitrogens is 2. The lowest BCUT2D eigenvalue weighted by atomic mass is 9.97. The van der Waals surface area contributed by atoms with Gasteiger partial charge in [0, 0.05) is 51.7 Å². The minimum Gasteiger partial charge on any atom is -0.381 e. The monoisotopic (exact) mass is 318 g/mol. The van der Waals surface area contributed by atoms with Crippen molar-refractivity contribution in [3.05, 3.63) is 18.5 Å². The van der Waals surface area contributed by atoms with E-state index in [2.05, 4.69) is 20.2 Å². The number of nitrogens with one attached hydrogen (secondary N) is 1. The summed E-state index contributed by atoms with van der Waals surface area (Å²) in [4.78, 5) is 11.1. The molecule has 3 fully saturated rings. The Morgan fingerprint density at radius 2 is 2.09 bits per heavy atom. The molecule has 0 amide bonds. The maximum Gasteiger partial charge on any atom is 0.222 e. The van der Waals surface area contributed by atoms with Crippen LogP contribution >= 0.6 is 0 Å². The topological polar surface area (TPSA) is 59.5 Å². The van der Waals surface area contributed by atoms with Gasteiger partial charge in [0.1, 0.15) is 0 Å². The second kappa shape index (κ2) is 6.71. The van der Waals surface area contributed by atoms with E-state index in [4.69, 9.17) is 9.47 Å². The number of ether oxygens (including phenoxy) is 2. The molecule has 23 heavy (non-hydrogen) atoms. The molecule has 0 unspecified atom stereocenters. The van der Waals surface area contributed by atoms with E-state index in [1.807, 2.05) is 6.07 Å². The van der Waals surface area contributed by atoms with Crippen molar-refractivity contribution >= 4 is 5.95 Å². The summed E-state index contributed by atoms with van der Waals surface area (Å²) in [7, 11) is 0. The molecule has 2 atom stereocenters. The van der Waals surface area contributed by atoms with Crippen LogP contribution in [-0.4, -0.2) is 66.0 Å². The molecule has 3 aliphatic rings. The Morgan fingerprint density at radius 3 is 2.91 bits per heavy atom. The van der Waals surface area contributed by atoms with Crippen LogP contribution in [0.1, 0.15) is 25.7 Å². The largest absolute Gasteiger partial charge is 0.381 e. The summed E-state index contributed by atoms with van der Waals surface area (Å²) in [6, 6.07) is 2.16. The Bertz CT molecular complexity index is 509. The molecule has 0 bridgehead atoms. The molecule has 6 nitrogen and oxygen atoms in total. The summed E-state index contributed by atoms with van der Waals surface area (Å²) in [5.41, 5.74) is 0.0393. The lowest BCUT2D eigenvalue weighted by molar-refractivity contribution is 0.00796. The molecule has 3 aliphatic heterocycles. The standard InChI is InChI=1S/C17H26N4O2/c1-5-18-16(19-6-1)20-15-10-17(23-12-15)4-7-21(13-17)11-14-2-8-22-9-3-14/h1,5-6,14-15H,2-4,7-13H2,(H,18,19,20)/t15-,17+/m0/s1. The number of anilines is 1. The average molecular weight is 318 g/mol. The van der Waals surface area contributed by atoms with Gasteiger partial charge in [0.05, 0.1) is 18.2 Å². The second-order valence-electron chi connectivity index (χ2n) is 7.15. The summed E-state index contributed by atoms with van der Waals surface area (Å²) in [6.07, 6.45) is 8.15. The van der Waals surface area contributed by atoms with Crippen molar-refractivity contribution in [1.29, 1.82) is 0 Å². The molecule has 6 heteroatoms. The first kappa shape index (κ1) is 15.3. The predicted octanol–water partition coefficient (Wildman–Crippen LogP) is 1.55. The zero-order valence-electron chi connectivity index (χ0n) is 13.6. The molecule has 126 valence electrons. The molecular weight excluding hydrogens is 292 g/mol. The summed E-state index contributed by atoms with van der Waals surface area (Å²) < 4.78 is 11.7. The van der Waals surface area contributed by atoms with Gasteiger partial charge in [-0.3, -0.25) is 0 Å². The van der Waals surface area contributed by atoms with Crippen molar-refractivity contribution < 1.29 is 9.47 Å². The Kier molecular flexibility index (Phi) is 4.46. The zero-order chi connectivity index (χ0) is 15.5. The van der Waals surface area contributed by atoms with Crippen molar-refractivity contribution in [3.63, 3.8) is 0 Å². The molecule has 4 heterocycles. The number of hydrogen-bond donors (Lipinski definition) is 1. The van der Waals surface area contributed by atoms with Crippen LogP contribution in [0.5, 0.6) is 0 Å². The fourth-order valence-corrected chi connectivity index (χ4v) is 4.16. The van der Waals surface area contributed by atoms with Crippen LogP contribution in [0, 0.1) is 5.92 Å². The van der Waals surface area contributed by atoms with E-state index in [0.29, 0.717) is 12.0 Å². The molecule has 1 aromatic rings. The van der Waals surface area contributed by atoms with Gasteiger partial charge in [-0.1, -0.05) is 0 Å². The van der Waals surface area contributed by atoms with E-state index >= 15 is 0 Å². The third-order valence-electron chi connectivity index (χ3n) is 5.36. The van der Waals surface area contributed by atoms with E-state index in [1.54, 1.807) is 12.4 Å². The highest BCUT2D eigenvalue weighted by atomic mass is 16.5. The van der Waals surface area contributed by atoms with E-state index in [-0.39, 0.29) is 5.60 Å². The van der Waals surface area contributed by atoms with Crippen LogP contribution in [0.2, 0.25) is 0 Å². The molecule has 1 aromatic heterocycles. The predicted molar refractivity (Wildman–Crippen MR) is 87.3 cm³/mol. The van der Waals surface area contributed by atoms with Crippen LogP contribution < -0.4 is 5.32 Å². The first-order valence-corrected chi connectivity index (χ1v) is 8.79. The first-order valence-electron chi connectivity index (χ1n) is 8.79. The maximum atomic E-state index is 6.22. The smallest absolute Gasteiger partial charge is 0.222 e. The fourth-order valence-electron chi connectivity index (χ4n) is 4.16. The highest BCUT2D eigenvalue weighted by molar-refractivity contribution is 5.25. The van der Waals surface area contributed by atoms with Gasteiger partial charge in [0.25, 0.3) is 0 Å². The van der Waals surface area contributed by atoms with Gasteiger partial charge in [-0.05, 0) is 31.2 Å². The van der Waals surface area contributed by atoms with Crippen molar-refractivity contribution in [3.8, 4) is 0 Å². The number of nitrogens with zero attached hydrogens (tertiary/aromatic N) is 3.